The summed E-state index contributed by atoms with van der Waals surface area (Å²) in [5, 5.41) is 9.03. The quantitative estimate of drug-likeness (QED) is 0.323. The van der Waals surface area contributed by atoms with Crippen molar-refractivity contribution in [1.82, 2.24) is 24.5 Å². The van der Waals surface area contributed by atoms with E-state index in [0.717, 1.165) is 18.2 Å². The van der Waals surface area contributed by atoms with E-state index < -0.39 is 17.2 Å². The summed E-state index contributed by atoms with van der Waals surface area (Å²) in [6, 6.07) is 6.47. The Kier molecular flexibility index (Phi) is 6.13. The smallest absolute Gasteiger partial charge is 0.274 e. The van der Waals surface area contributed by atoms with Crippen LogP contribution in [0, 0.1) is 18.2 Å². The molecule has 1 aliphatic rings. The lowest BCUT2D eigenvalue weighted by Gasteiger charge is -2.31. The number of aromatic nitrogens is 4. The zero-order valence-electron chi connectivity index (χ0n) is 22.3. The lowest BCUT2D eigenvalue weighted by molar-refractivity contribution is 0.0646. The van der Waals surface area contributed by atoms with Gasteiger partial charge in [0, 0.05) is 54.7 Å². The van der Waals surface area contributed by atoms with E-state index in [-0.39, 0.29) is 23.9 Å². The molecule has 0 spiro atoms. The predicted molar refractivity (Wildman–Crippen MR) is 140 cm³/mol. The lowest BCUT2D eigenvalue weighted by atomic mass is 9.97. The number of rotatable bonds is 4. The fourth-order valence-corrected chi connectivity index (χ4v) is 4.47. The molecule has 0 saturated heterocycles. The van der Waals surface area contributed by atoms with Crippen molar-refractivity contribution in [2.24, 2.45) is 7.05 Å². The standard InChI is InChI=1S/C28H26F2N6O3/c1-28(2,3)35(6)27(37)25-20-14-39-23-12-22(38-7)18(24-21(31-4)13-34(5)32-24)11-19(23)26(20)36(33-25)17-9-15(29)8-16(30)10-17/h8-13H,14H2,1-3,5-7H3. The van der Waals surface area contributed by atoms with Crippen molar-refractivity contribution in [2.45, 2.75) is 32.9 Å². The zero-order chi connectivity index (χ0) is 28.2. The molecular weight excluding hydrogens is 506 g/mol. The molecule has 2 aromatic heterocycles. The Morgan fingerprint density at radius 1 is 1.13 bits per heavy atom. The van der Waals surface area contributed by atoms with Gasteiger partial charge in [0.2, 0.25) is 5.69 Å². The monoisotopic (exact) mass is 532 g/mol. The van der Waals surface area contributed by atoms with Gasteiger partial charge in [0.05, 0.1) is 25.1 Å². The molecule has 0 atom stereocenters. The number of ether oxygens (including phenoxy) is 2. The fraction of sp³-hybridized carbons (Fsp3) is 0.286. The Morgan fingerprint density at radius 3 is 2.44 bits per heavy atom. The summed E-state index contributed by atoms with van der Waals surface area (Å²) in [6.45, 7) is 13.3. The molecule has 0 radical (unpaired) electrons. The Morgan fingerprint density at radius 2 is 1.82 bits per heavy atom. The molecule has 0 aliphatic carbocycles. The first-order chi connectivity index (χ1) is 18.4. The lowest BCUT2D eigenvalue weighted by Crippen LogP contribution is -2.43. The topological polar surface area (TPSA) is 78.8 Å². The molecule has 0 unspecified atom stereocenters. The van der Waals surface area contributed by atoms with Crippen molar-refractivity contribution in [1.29, 1.82) is 0 Å². The van der Waals surface area contributed by atoms with Crippen molar-refractivity contribution in [3.63, 3.8) is 0 Å². The number of hydrogen-bond acceptors (Lipinski definition) is 5. The normalized spacial score (nSPS) is 12.3. The first kappa shape index (κ1) is 25.9. The molecule has 1 aliphatic heterocycles. The van der Waals surface area contributed by atoms with Gasteiger partial charge in [-0.15, -0.1) is 0 Å². The number of benzene rings is 2. The predicted octanol–water partition coefficient (Wildman–Crippen LogP) is 5.54. The number of aryl methyl sites for hydroxylation is 1. The van der Waals surface area contributed by atoms with E-state index in [2.05, 4.69) is 15.0 Å². The van der Waals surface area contributed by atoms with E-state index in [1.807, 2.05) is 20.8 Å². The highest BCUT2D eigenvalue weighted by Crippen LogP contribution is 2.47. The largest absolute Gasteiger partial charge is 0.496 e. The number of methoxy groups -OCH3 is 1. The average molecular weight is 533 g/mol. The van der Waals surface area contributed by atoms with Crippen LogP contribution < -0.4 is 9.47 Å². The number of carbonyl (C=O) groups excluding carboxylic acids is 1. The maximum atomic E-state index is 14.3. The van der Waals surface area contributed by atoms with Gasteiger partial charge in [0.25, 0.3) is 5.91 Å². The first-order valence-electron chi connectivity index (χ1n) is 12.1. The summed E-state index contributed by atoms with van der Waals surface area (Å²) in [4.78, 5) is 18.7. The van der Waals surface area contributed by atoms with Crippen LogP contribution in [0.4, 0.5) is 14.5 Å². The maximum Gasteiger partial charge on any atom is 0.274 e. The number of halogens is 2. The van der Waals surface area contributed by atoms with Gasteiger partial charge in [-0.1, -0.05) is 0 Å². The minimum Gasteiger partial charge on any atom is -0.496 e. The van der Waals surface area contributed by atoms with Gasteiger partial charge < -0.3 is 14.4 Å². The molecule has 9 nitrogen and oxygen atoms in total. The molecular formula is C28H26F2N6O3. The van der Waals surface area contributed by atoms with Crippen LogP contribution in [0.1, 0.15) is 36.8 Å². The van der Waals surface area contributed by atoms with E-state index in [1.54, 1.807) is 37.3 Å². The fourth-order valence-electron chi connectivity index (χ4n) is 4.47. The van der Waals surface area contributed by atoms with E-state index in [0.29, 0.717) is 45.3 Å². The number of fused-ring (bicyclic) bond motifs is 3. The van der Waals surface area contributed by atoms with E-state index in [4.69, 9.17) is 16.0 Å². The van der Waals surface area contributed by atoms with Crippen LogP contribution in [0.15, 0.2) is 36.5 Å². The molecule has 1 amide bonds. The second-order valence-corrected chi connectivity index (χ2v) is 10.2. The summed E-state index contributed by atoms with van der Waals surface area (Å²) >= 11 is 0. The molecule has 4 aromatic rings. The molecule has 0 saturated carbocycles. The van der Waals surface area contributed by atoms with Gasteiger partial charge in [0.1, 0.15) is 35.4 Å². The molecule has 200 valence electrons. The second kappa shape index (κ2) is 9.23. The highest BCUT2D eigenvalue weighted by molar-refractivity contribution is 5.97. The third kappa shape index (κ3) is 4.37. The van der Waals surface area contributed by atoms with Crippen LogP contribution in [0.2, 0.25) is 0 Å². The van der Waals surface area contributed by atoms with E-state index in [9.17, 15) is 13.6 Å². The number of hydrogen-bond donors (Lipinski definition) is 0. The minimum atomic E-state index is -0.785. The van der Waals surface area contributed by atoms with Crippen LogP contribution in [-0.2, 0) is 13.7 Å². The van der Waals surface area contributed by atoms with Crippen molar-refractivity contribution in [2.75, 3.05) is 14.2 Å². The van der Waals surface area contributed by atoms with Crippen LogP contribution in [0.5, 0.6) is 11.5 Å². The molecule has 3 heterocycles. The maximum absolute atomic E-state index is 14.3. The van der Waals surface area contributed by atoms with Gasteiger partial charge in [-0.25, -0.2) is 18.3 Å². The zero-order valence-corrected chi connectivity index (χ0v) is 22.3. The highest BCUT2D eigenvalue weighted by Gasteiger charge is 2.35. The molecule has 39 heavy (non-hydrogen) atoms. The molecule has 5 rings (SSSR count). The van der Waals surface area contributed by atoms with Crippen molar-refractivity contribution < 1.29 is 23.0 Å². The number of amides is 1. The van der Waals surface area contributed by atoms with Crippen molar-refractivity contribution in [3.8, 4) is 39.7 Å². The molecule has 11 heteroatoms. The van der Waals surface area contributed by atoms with Crippen molar-refractivity contribution >= 4 is 11.6 Å². The van der Waals surface area contributed by atoms with Crippen molar-refractivity contribution in [3.05, 3.63) is 70.8 Å². The summed E-state index contributed by atoms with van der Waals surface area (Å²) < 4.78 is 43.2. The average Bonchev–Trinajstić information content (AvgIpc) is 3.46. The third-order valence-electron chi connectivity index (χ3n) is 6.70. The van der Waals surface area contributed by atoms with Crippen LogP contribution in [0.3, 0.4) is 0 Å². The van der Waals surface area contributed by atoms with Gasteiger partial charge >= 0.3 is 0 Å². The molecule has 2 aromatic carbocycles. The van der Waals surface area contributed by atoms with E-state index >= 15 is 0 Å². The Bertz CT molecular complexity index is 1660. The molecule has 0 N–H and O–H groups in total. The summed E-state index contributed by atoms with van der Waals surface area (Å²) in [7, 11) is 4.88. The third-order valence-corrected chi connectivity index (χ3v) is 6.70. The van der Waals surface area contributed by atoms with Crippen LogP contribution in [-0.4, -0.2) is 50.1 Å². The first-order valence-corrected chi connectivity index (χ1v) is 12.1. The molecule has 0 bridgehead atoms. The molecule has 0 fully saturated rings. The Labute approximate surface area is 224 Å². The van der Waals surface area contributed by atoms with Gasteiger partial charge in [-0.2, -0.15) is 10.2 Å². The Balaban J connectivity index is 1.81. The van der Waals surface area contributed by atoms with E-state index in [1.165, 1.54) is 16.5 Å². The number of nitrogens with zero attached hydrogens (tertiary/aromatic N) is 6. The van der Waals surface area contributed by atoms with Crippen LogP contribution in [0.25, 0.3) is 33.0 Å². The second-order valence-electron chi connectivity index (χ2n) is 10.2. The minimum absolute atomic E-state index is 0.00141. The van der Waals surface area contributed by atoms with Crippen LogP contribution >= 0.6 is 0 Å². The Hall–Kier alpha value is -4.72. The SMILES string of the molecule is [C-]#[N+]c1cn(C)nc1-c1cc2c(cc1OC)OCc1c(C(=O)N(C)C(C)(C)C)nn(-c3cc(F)cc(F)c3)c1-2. The highest BCUT2D eigenvalue weighted by atomic mass is 19.1. The summed E-state index contributed by atoms with van der Waals surface area (Å²) in [5.41, 5.74) is 2.33. The summed E-state index contributed by atoms with van der Waals surface area (Å²) in [6.07, 6.45) is 1.60. The van der Waals surface area contributed by atoms with Gasteiger partial charge in [-0.3, -0.25) is 9.48 Å². The number of carbonyl (C=O) groups is 1. The summed E-state index contributed by atoms with van der Waals surface area (Å²) in [5.74, 6) is -1.09. The van der Waals surface area contributed by atoms with Gasteiger partial charge in [-0.05, 0) is 39.0 Å². The van der Waals surface area contributed by atoms with Gasteiger partial charge in [0.15, 0.2) is 5.69 Å².